The zero-order chi connectivity index (χ0) is 10.3. The number of aliphatic imine (C=N–C) groups is 1. The maximum atomic E-state index is 4.43. The van der Waals surface area contributed by atoms with Crippen LogP contribution in [0.1, 0.15) is 5.69 Å². The van der Waals surface area contributed by atoms with E-state index < -0.39 is 0 Å². The summed E-state index contributed by atoms with van der Waals surface area (Å²) >= 11 is 0. The summed E-state index contributed by atoms with van der Waals surface area (Å²) in [4.78, 5) is 10.5. The lowest BCUT2D eigenvalue weighted by Gasteiger charge is -2.22. The summed E-state index contributed by atoms with van der Waals surface area (Å²) in [6, 6.07) is 0. The van der Waals surface area contributed by atoms with Crippen LogP contribution in [0.5, 0.6) is 0 Å². The largest absolute Gasteiger partial charge is 0.348 e. The van der Waals surface area contributed by atoms with Crippen molar-refractivity contribution < 1.29 is 0 Å². The van der Waals surface area contributed by atoms with Gasteiger partial charge in [0.2, 0.25) is 5.96 Å². The molecule has 0 amide bonds. The van der Waals surface area contributed by atoms with Gasteiger partial charge in [0.15, 0.2) is 5.82 Å². The van der Waals surface area contributed by atoms with E-state index in [1.54, 1.807) is 6.33 Å². The second-order valence-corrected chi connectivity index (χ2v) is 3.46. The fraction of sp³-hybridized carbons (Fsp3) is 0.333. The minimum atomic E-state index is 0.783. The lowest BCUT2D eigenvalue weighted by Crippen LogP contribution is -2.36. The maximum Gasteiger partial charge on any atom is 0.204 e. The highest BCUT2D eigenvalue weighted by Gasteiger charge is 2.19. The smallest absolute Gasteiger partial charge is 0.204 e. The van der Waals surface area contributed by atoms with E-state index in [0.29, 0.717) is 0 Å². The number of hydrogen-bond acceptors (Lipinski definition) is 4. The average Bonchev–Trinajstić information content (AvgIpc) is 2.48. The van der Waals surface area contributed by atoms with Crippen LogP contribution in [0.3, 0.4) is 0 Å². The quantitative estimate of drug-likeness (QED) is 0.651. The van der Waals surface area contributed by atoms with Crippen LogP contribution < -0.4 is 5.32 Å². The fourth-order valence-electron chi connectivity index (χ4n) is 1.30. The first-order chi connectivity index (χ1) is 6.59. The standard InChI is InChI=1S/C9H13N5/c1-6-7-8(14(4)5-10-7)12-9(11-6)13(2)3/h5H,1H2,2-4H3,(H,11,12). The van der Waals surface area contributed by atoms with Crippen molar-refractivity contribution in [1.82, 2.24) is 19.8 Å². The molecule has 1 N–H and O–H groups in total. The molecule has 5 heteroatoms. The predicted octanol–water partition coefficient (Wildman–Crippen LogP) is 0.543. The zero-order valence-corrected chi connectivity index (χ0v) is 8.57. The molecule has 1 aromatic rings. The maximum absolute atomic E-state index is 4.43. The van der Waals surface area contributed by atoms with E-state index in [2.05, 4.69) is 21.9 Å². The Morgan fingerprint density at radius 2 is 2.21 bits per heavy atom. The number of nitrogens with zero attached hydrogens (tertiary/aromatic N) is 4. The van der Waals surface area contributed by atoms with Gasteiger partial charge in [-0.15, -0.1) is 0 Å². The SMILES string of the molecule is C=C1NC(N(C)C)=Nc2c1ncn2C. The van der Waals surface area contributed by atoms with Gasteiger partial charge in [-0.3, -0.25) is 0 Å². The Hall–Kier alpha value is -1.78. The van der Waals surface area contributed by atoms with E-state index in [-0.39, 0.29) is 0 Å². The van der Waals surface area contributed by atoms with Crippen LogP contribution in [0.15, 0.2) is 17.9 Å². The van der Waals surface area contributed by atoms with Gasteiger partial charge in [0.05, 0.1) is 12.0 Å². The van der Waals surface area contributed by atoms with Crippen LogP contribution in [0.2, 0.25) is 0 Å². The lowest BCUT2D eigenvalue weighted by molar-refractivity contribution is 0.600. The molecule has 0 atom stereocenters. The van der Waals surface area contributed by atoms with E-state index in [4.69, 9.17) is 0 Å². The van der Waals surface area contributed by atoms with Gasteiger partial charge in [-0.05, 0) is 0 Å². The third kappa shape index (κ3) is 1.17. The van der Waals surface area contributed by atoms with Crippen molar-refractivity contribution in [1.29, 1.82) is 0 Å². The van der Waals surface area contributed by atoms with Crippen molar-refractivity contribution in [3.05, 3.63) is 18.6 Å². The number of aryl methyl sites for hydroxylation is 1. The van der Waals surface area contributed by atoms with Gasteiger partial charge in [-0.2, -0.15) is 4.99 Å². The molecule has 5 nitrogen and oxygen atoms in total. The molecule has 0 aliphatic carbocycles. The molecular formula is C9H13N5. The molecule has 0 bridgehead atoms. The molecule has 1 aromatic heterocycles. The predicted molar refractivity (Wildman–Crippen MR) is 56.2 cm³/mol. The molecule has 2 rings (SSSR count). The van der Waals surface area contributed by atoms with Gasteiger partial charge in [0.1, 0.15) is 5.69 Å². The van der Waals surface area contributed by atoms with Crippen molar-refractivity contribution in [2.45, 2.75) is 0 Å². The third-order valence-corrected chi connectivity index (χ3v) is 2.09. The first-order valence-corrected chi connectivity index (χ1v) is 4.33. The Morgan fingerprint density at radius 1 is 1.50 bits per heavy atom. The van der Waals surface area contributed by atoms with Crippen LogP contribution >= 0.6 is 0 Å². The molecule has 0 radical (unpaired) electrons. The van der Waals surface area contributed by atoms with Crippen molar-refractivity contribution in [2.75, 3.05) is 14.1 Å². The Labute approximate surface area is 82.8 Å². The molecule has 0 aromatic carbocycles. The Bertz CT molecular complexity index is 413. The average molecular weight is 191 g/mol. The minimum absolute atomic E-state index is 0.783. The van der Waals surface area contributed by atoms with Gasteiger partial charge in [-0.1, -0.05) is 6.58 Å². The number of rotatable bonds is 0. The molecule has 2 heterocycles. The molecule has 0 saturated carbocycles. The Balaban J connectivity index is 2.53. The number of guanidine groups is 1. The van der Waals surface area contributed by atoms with Crippen LogP contribution in [-0.2, 0) is 7.05 Å². The Morgan fingerprint density at radius 3 is 2.86 bits per heavy atom. The highest BCUT2D eigenvalue weighted by Crippen LogP contribution is 2.25. The monoisotopic (exact) mass is 191 g/mol. The molecular weight excluding hydrogens is 178 g/mol. The Kier molecular flexibility index (Phi) is 1.80. The lowest BCUT2D eigenvalue weighted by atomic mass is 10.3. The summed E-state index contributed by atoms with van der Waals surface area (Å²) in [5.41, 5.74) is 1.61. The van der Waals surface area contributed by atoms with E-state index in [9.17, 15) is 0 Å². The summed E-state index contributed by atoms with van der Waals surface area (Å²) in [5.74, 6) is 1.63. The van der Waals surface area contributed by atoms with E-state index in [1.165, 1.54) is 0 Å². The van der Waals surface area contributed by atoms with E-state index in [0.717, 1.165) is 23.2 Å². The molecule has 0 unspecified atom stereocenters. The minimum Gasteiger partial charge on any atom is -0.348 e. The first kappa shape index (κ1) is 8.80. The summed E-state index contributed by atoms with van der Waals surface area (Å²) in [5, 5.41) is 3.09. The second kappa shape index (κ2) is 2.87. The van der Waals surface area contributed by atoms with Crippen LogP contribution in [0.25, 0.3) is 5.70 Å². The summed E-state index contributed by atoms with van der Waals surface area (Å²) in [6.45, 7) is 3.91. The number of imidazole rings is 1. The number of fused-ring (bicyclic) bond motifs is 1. The molecule has 0 spiro atoms. The van der Waals surface area contributed by atoms with Gasteiger partial charge >= 0.3 is 0 Å². The molecule has 14 heavy (non-hydrogen) atoms. The van der Waals surface area contributed by atoms with Gasteiger partial charge in [-0.25, -0.2) is 4.98 Å². The first-order valence-electron chi connectivity index (χ1n) is 4.33. The number of nitrogens with one attached hydrogen (secondary N) is 1. The van der Waals surface area contributed by atoms with Crippen molar-refractivity contribution >= 4 is 17.5 Å². The highest BCUT2D eigenvalue weighted by atomic mass is 15.3. The topological polar surface area (TPSA) is 45.4 Å². The zero-order valence-electron chi connectivity index (χ0n) is 8.57. The highest BCUT2D eigenvalue weighted by molar-refractivity contribution is 5.94. The number of hydrogen-bond donors (Lipinski definition) is 1. The third-order valence-electron chi connectivity index (χ3n) is 2.09. The van der Waals surface area contributed by atoms with Crippen molar-refractivity contribution in [3.8, 4) is 0 Å². The number of aromatic nitrogens is 2. The summed E-state index contributed by atoms with van der Waals surface area (Å²) in [6.07, 6.45) is 1.74. The van der Waals surface area contributed by atoms with Gasteiger partial charge in [0.25, 0.3) is 0 Å². The van der Waals surface area contributed by atoms with E-state index in [1.807, 2.05) is 30.6 Å². The molecule has 0 fully saturated rings. The van der Waals surface area contributed by atoms with Crippen LogP contribution in [0, 0.1) is 0 Å². The normalized spacial score (nSPS) is 14.5. The molecule has 1 aliphatic heterocycles. The van der Waals surface area contributed by atoms with Gasteiger partial charge in [0, 0.05) is 21.1 Å². The summed E-state index contributed by atoms with van der Waals surface area (Å²) in [7, 11) is 5.78. The van der Waals surface area contributed by atoms with E-state index >= 15 is 0 Å². The van der Waals surface area contributed by atoms with Crippen LogP contribution in [-0.4, -0.2) is 34.5 Å². The van der Waals surface area contributed by atoms with Crippen LogP contribution in [0.4, 0.5) is 5.82 Å². The fourth-order valence-corrected chi connectivity index (χ4v) is 1.30. The van der Waals surface area contributed by atoms with Crippen molar-refractivity contribution in [3.63, 3.8) is 0 Å². The molecule has 0 saturated heterocycles. The molecule has 74 valence electrons. The second-order valence-electron chi connectivity index (χ2n) is 3.46. The molecule has 1 aliphatic rings. The van der Waals surface area contributed by atoms with Crippen molar-refractivity contribution in [2.24, 2.45) is 12.0 Å². The summed E-state index contributed by atoms with van der Waals surface area (Å²) < 4.78 is 1.88. The van der Waals surface area contributed by atoms with Gasteiger partial charge < -0.3 is 14.8 Å².